The van der Waals surface area contributed by atoms with E-state index in [4.69, 9.17) is 0 Å². The molecule has 0 spiro atoms. The summed E-state index contributed by atoms with van der Waals surface area (Å²) in [4.78, 5) is 0. The van der Waals surface area contributed by atoms with E-state index < -0.39 is 0 Å². The summed E-state index contributed by atoms with van der Waals surface area (Å²) in [6, 6.07) is 0. The van der Waals surface area contributed by atoms with Gasteiger partial charge in [-0.05, 0) is 6.42 Å². The zero-order chi connectivity index (χ0) is 4.83. The van der Waals surface area contributed by atoms with E-state index >= 15 is 0 Å². The molecule has 0 saturated carbocycles. The van der Waals surface area contributed by atoms with Crippen LogP contribution in [0.15, 0.2) is 11.8 Å². The fourth-order valence-electron chi connectivity index (χ4n) is 0.333. The van der Waals surface area contributed by atoms with Crippen molar-refractivity contribution in [2.75, 3.05) is 0 Å². The number of hydrogen-bond donors (Lipinski definition) is 0. The van der Waals surface area contributed by atoms with Crippen molar-refractivity contribution in [2.45, 2.75) is 19.9 Å². The summed E-state index contributed by atoms with van der Waals surface area (Å²) < 4.78 is 0. The van der Waals surface area contributed by atoms with Gasteiger partial charge < -0.3 is 24.8 Å². The van der Waals surface area contributed by atoms with E-state index in [0.717, 1.165) is 0 Å². The first kappa shape index (κ1) is 22.4. The van der Waals surface area contributed by atoms with Gasteiger partial charge in [-0.1, -0.05) is 19.5 Å². The van der Waals surface area contributed by atoms with Crippen LogP contribution in [0, 0.1) is 0 Å². The Morgan fingerprint density at radius 1 is 1.33 bits per heavy atom. The van der Waals surface area contributed by atoms with Crippen molar-refractivity contribution in [3.63, 3.8) is 0 Å². The van der Waals surface area contributed by atoms with Gasteiger partial charge in [0, 0.05) is 9.52 Å². The predicted octanol–water partition coefficient (Wildman–Crippen LogP) is -4.87. The van der Waals surface area contributed by atoms with Crippen LogP contribution in [0.5, 0.6) is 0 Å². The van der Waals surface area contributed by atoms with Crippen molar-refractivity contribution >= 4 is 9.52 Å². The first-order chi connectivity index (χ1) is 2.91. The van der Waals surface area contributed by atoms with Gasteiger partial charge in [0.1, 0.15) is 0 Å². The van der Waals surface area contributed by atoms with Gasteiger partial charge in [-0.3, -0.25) is 0 Å². The van der Waals surface area contributed by atoms with Gasteiger partial charge >= 0.3 is 26.2 Å². The third-order valence-corrected chi connectivity index (χ3v) is 1.44. The van der Waals surface area contributed by atoms with E-state index in [2.05, 4.69) is 25.2 Å². The summed E-state index contributed by atoms with van der Waals surface area (Å²) in [5.41, 5.74) is 2.32. The van der Waals surface area contributed by atoms with Crippen LogP contribution in [0.2, 0.25) is 6.55 Å². The molecule has 0 saturated heterocycles. The minimum atomic E-state index is 0. The normalized spacial score (nSPS) is 8.22. The minimum Gasteiger partial charge on any atom is -1.00 e. The molecule has 0 aromatic rings. The molecule has 0 aromatic carbocycles. The zero-order valence-electron chi connectivity index (χ0n) is 5.82. The molecule has 0 aliphatic carbocycles. The maximum atomic E-state index is 2.32. The van der Waals surface area contributed by atoms with Crippen LogP contribution in [-0.4, -0.2) is 9.52 Å². The Kier molecular flexibility index (Phi) is 56.7. The van der Waals surface area contributed by atoms with E-state index in [1.807, 2.05) is 0 Å². The smallest absolute Gasteiger partial charge is 1.00 e. The monoisotopic (exact) mass is 260 g/mol. The van der Waals surface area contributed by atoms with Crippen molar-refractivity contribution in [3.8, 4) is 0 Å². The Morgan fingerprint density at radius 2 is 1.78 bits per heavy atom. The molecule has 0 unspecified atom stereocenters. The molecule has 0 fully saturated rings. The van der Waals surface area contributed by atoms with Gasteiger partial charge in [0.2, 0.25) is 0 Å². The zero-order valence-corrected chi connectivity index (χ0v) is 11.2. The van der Waals surface area contributed by atoms with Gasteiger partial charge in [0.25, 0.3) is 0 Å². The molecule has 0 amide bonds. The van der Waals surface area contributed by atoms with Crippen molar-refractivity contribution in [2.24, 2.45) is 0 Å². The van der Waals surface area contributed by atoms with Crippen LogP contribution >= 0.6 is 0 Å². The van der Waals surface area contributed by atoms with Crippen molar-refractivity contribution in [1.29, 1.82) is 0 Å². The number of rotatable bonds is 2. The van der Waals surface area contributed by atoms with Crippen LogP contribution < -0.4 is 24.8 Å². The Hall–Kier alpha value is 1.42. The van der Waals surface area contributed by atoms with E-state index in [1.165, 1.54) is 6.42 Å². The molecule has 4 heteroatoms. The fourth-order valence-corrected chi connectivity index (χ4v) is 1.00. The number of hydrogen-bond acceptors (Lipinski definition) is 0. The second-order valence-corrected chi connectivity index (χ2v) is 2.58. The molecule has 0 aromatic heterocycles. The molecule has 0 radical (unpaired) electrons. The Morgan fingerprint density at radius 3 is 1.89 bits per heavy atom. The number of allylic oxidation sites excluding steroid dienone is 1. The average Bonchev–Trinajstić information content (AvgIpc) is 1.61. The number of halogens is 2. The third-order valence-electron chi connectivity index (χ3n) is 0.638. The van der Waals surface area contributed by atoms with Crippen LogP contribution in [0.4, 0.5) is 0 Å². The standard InChI is InChI=1S/C5H12Si.2ClH.Zr/c1-3-4-5-6-2;;;/h4-5H,3,6H2,1-2H3;2*1H;/q;;;+2/p-2. The molecule has 9 heavy (non-hydrogen) atoms. The van der Waals surface area contributed by atoms with Gasteiger partial charge in [-0.15, -0.1) is 5.70 Å². The average molecular weight is 262 g/mol. The summed E-state index contributed by atoms with van der Waals surface area (Å²) in [5.74, 6) is 0. The molecule has 0 N–H and O–H groups in total. The molecule has 0 nitrogen and oxygen atoms in total. The SMILES string of the molecule is CCC=C[SiH2]C.[Cl-].[Cl-].[Zr+2]. The molecule has 0 heterocycles. The maximum absolute atomic E-state index is 2.32. The first-order valence-electron chi connectivity index (χ1n) is 2.56. The maximum Gasteiger partial charge on any atom is 2.00 e. The van der Waals surface area contributed by atoms with E-state index in [0.29, 0.717) is 0 Å². The molecule has 0 bridgehead atoms. The summed E-state index contributed by atoms with van der Waals surface area (Å²) in [6.45, 7) is 4.45. The molecular formula is C5H12Cl2SiZr. The topological polar surface area (TPSA) is 0 Å². The predicted molar refractivity (Wildman–Crippen MR) is 33.8 cm³/mol. The quantitative estimate of drug-likeness (QED) is 0.438. The van der Waals surface area contributed by atoms with E-state index in [1.54, 1.807) is 0 Å². The summed E-state index contributed by atoms with van der Waals surface area (Å²) in [5, 5.41) is 0. The van der Waals surface area contributed by atoms with E-state index in [9.17, 15) is 0 Å². The van der Waals surface area contributed by atoms with Crippen molar-refractivity contribution in [1.82, 2.24) is 0 Å². The van der Waals surface area contributed by atoms with Gasteiger partial charge in [0.05, 0.1) is 0 Å². The molecular weight excluding hydrogens is 250 g/mol. The van der Waals surface area contributed by atoms with Crippen molar-refractivity contribution < 1.29 is 51.0 Å². The van der Waals surface area contributed by atoms with Crippen LogP contribution in [-0.2, 0) is 26.2 Å². The summed E-state index contributed by atoms with van der Waals surface area (Å²) in [6.07, 6.45) is 3.45. The van der Waals surface area contributed by atoms with Gasteiger partial charge in [-0.25, -0.2) is 0 Å². The summed E-state index contributed by atoms with van der Waals surface area (Å²) in [7, 11) is 0.222. The largest absolute Gasteiger partial charge is 2.00 e. The minimum absolute atomic E-state index is 0. The Bertz CT molecular complexity index is 44.2. The Labute approximate surface area is 91.6 Å². The van der Waals surface area contributed by atoms with Crippen LogP contribution in [0.25, 0.3) is 0 Å². The van der Waals surface area contributed by atoms with Crippen LogP contribution in [0.1, 0.15) is 13.3 Å². The Balaban J connectivity index is -0.0000000417. The van der Waals surface area contributed by atoms with E-state index in [-0.39, 0.29) is 60.5 Å². The third kappa shape index (κ3) is 26.5. The van der Waals surface area contributed by atoms with Gasteiger partial charge in [0.15, 0.2) is 0 Å². The second kappa shape index (κ2) is 22.7. The van der Waals surface area contributed by atoms with Crippen molar-refractivity contribution in [3.05, 3.63) is 11.8 Å². The molecule has 54 valence electrons. The molecule has 0 aliphatic rings. The van der Waals surface area contributed by atoms with Gasteiger partial charge in [-0.2, -0.15) is 0 Å². The molecule has 0 atom stereocenters. The second-order valence-electron chi connectivity index (χ2n) is 1.29. The molecule has 0 aliphatic heterocycles. The van der Waals surface area contributed by atoms with Crippen LogP contribution in [0.3, 0.4) is 0 Å². The molecule has 0 rings (SSSR count). The summed E-state index contributed by atoms with van der Waals surface area (Å²) >= 11 is 0. The fraction of sp³-hybridized carbons (Fsp3) is 0.600. The first-order valence-corrected chi connectivity index (χ1v) is 4.79.